The fourth-order valence-electron chi connectivity index (χ4n) is 0.731. The van der Waals surface area contributed by atoms with E-state index in [2.05, 4.69) is 5.32 Å². The van der Waals surface area contributed by atoms with E-state index in [1.807, 2.05) is 0 Å². The summed E-state index contributed by atoms with van der Waals surface area (Å²) in [6.45, 7) is 0. The van der Waals surface area contributed by atoms with Crippen LogP contribution in [0.4, 0.5) is 0 Å². The lowest BCUT2D eigenvalue weighted by Gasteiger charge is -2.24. The number of hydrogen-bond acceptors (Lipinski definition) is 3. The minimum atomic E-state index is -2.61. The van der Waals surface area contributed by atoms with E-state index in [0.29, 0.717) is 11.5 Å². The van der Waals surface area contributed by atoms with Gasteiger partial charge in [0, 0.05) is 6.04 Å². The third-order valence-electron chi connectivity index (χ3n) is 1.32. The lowest BCUT2D eigenvalue weighted by molar-refractivity contribution is 0.537. The Hall–Kier alpha value is -0.0900. The topological polar surface area (TPSA) is 46.2 Å². The second kappa shape index (κ2) is 1.70. The first kappa shape index (κ1) is 6.04. The van der Waals surface area contributed by atoms with Gasteiger partial charge in [-0.15, -0.1) is 0 Å². The first-order valence-corrected chi connectivity index (χ1v) is 4.34. The van der Waals surface area contributed by atoms with Crippen LogP contribution < -0.4 is 5.32 Å². The lowest BCUT2D eigenvalue weighted by Crippen LogP contribution is -2.49. The molecule has 1 aliphatic heterocycles. The molecule has 0 bridgehead atoms. The molecule has 1 aliphatic rings. The molecule has 0 atom stereocenters. The van der Waals surface area contributed by atoms with E-state index in [1.165, 1.54) is 0 Å². The highest BCUT2D eigenvalue weighted by atomic mass is 32.2. The molecule has 3 nitrogen and oxygen atoms in total. The van der Waals surface area contributed by atoms with Crippen LogP contribution in [0.15, 0.2) is 0 Å². The van der Waals surface area contributed by atoms with Crippen LogP contribution in [0.25, 0.3) is 0 Å². The molecule has 0 amide bonds. The summed E-state index contributed by atoms with van der Waals surface area (Å²) in [6, 6.07) is 0.222. The van der Waals surface area contributed by atoms with Crippen molar-refractivity contribution in [1.82, 2.24) is 5.32 Å². The summed E-state index contributed by atoms with van der Waals surface area (Å²) in [7, 11) is -0.828. The molecule has 1 N–H and O–H groups in total. The van der Waals surface area contributed by atoms with Gasteiger partial charge >= 0.3 is 0 Å². The second-order valence-electron chi connectivity index (χ2n) is 2.06. The van der Waals surface area contributed by atoms with Gasteiger partial charge in [0.25, 0.3) is 0 Å². The first-order chi connectivity index (χ1) is 3.64. The minimum Gasteiger partial charge on any atom is -0.315 e. The second-order valence-corrected chi connectivity index (χ2v) is 4.22. The number of hydrogen-bond donors (Lipinski definition) is 1. The normalized spacial score (nSPS) is 27.1. The number of rotatable bonds is 1. The van der Waals surface area contributed by atoms with Gasteiger partial charge < -0.3 is 5.32 Å². The van der Waals surface area contributed by atoms with Crippen molar-refractivity contribution in [2.75, 3.05) is 18.6 Å². The van der Waals surface area contributed by atoms with Crippen molar-refractivity contribution in [3.05, 3.63) is 0 Å². The quantitative estimate of drug-likeness (QED) is 0.502. The van der Waals surface area contributed by atoms with Crippen LogP contribution in [0.1, 0.15) is 0 Å². The molecule has 0 aromatic heterocycles. The Bertz CT molecular complexity index is 160. The third-order valence-corrected chi connectivity index (χ3v) is 3.14. The molecule has 0 saturated carbocycles. The van der Waals surface area contributed by atoms with Crippen molar-refractivity contribution in [3.8, 4) is 0 Å². The summed E-state index contributed by atoms with van der Waals surface area (Å²) in [5, 5.41) is 2.88. The molecule has 0 aromatic carbocycles. The van der Waals surface area contributed by atoms with Crippen LogP contribution in [0.5, 0.6) is 0 Å². The zero-order valence-electron chi connectivity index (χ0n) is 4.72. The highest BCUT2D eigenvalue weighted by Gasteiger charge is 2.31. The molecule has 1 saturated heterocycles. The van der Waals surface area contributed by atoms with E-state index in [9.17, 15) is 8.42 Å². The molecule has 0 aromatic rings. The maximum Gasteiger partial charge on any atom is 0.153 e. The third kappa shape index (κ3) is 1.00. The fourth-order valence-corrected chi connectivity index (χ4v) is 2.19. The molecule has 0 radical (unpaired) electrons. The van der Waals surface area contributed by atoms with Gasteiger partial charge in [-0.2, -0.15) is 0 Å². The van der Waals surface area contributed by atoms with Gasteiger partial charge in [0.1, 0.15) is 0 Å². The molecule has 1 heterocycles. The summed E-state index contributed by atoms with van der Waals surface area (Å²) >= 11 is 0. The van der Waals surface area contributed by atoms with E-state index in [0.717, 1.165) is 0 Å². The van der Waals surface area contributed by atoms with Crippen molar-refractivity contribution < 1.29 is 8.42 Å². The van der Waals surface area contributed by atoms with Gasteiger partial charge in [-0.1, -0.05) is 0 Å². The maximum atomic E-state index is 10.4. The molecule has 1 rings (SSSR count). The van der Waals surface area contributed by atoms with Crippen LogP contribution in [0.3, 0.4) is 0 Å². The smallest absolute Gasteiger partial charge is 0.153 e. The molecular formula is C4H9NO2S. The number of sulfone groups is 1. The summed E-state index contributed by atoms with van der Waals surface area (Å²) in [6.07, 6.45) is 0. The Labute approximate surface area is 49.0 Å². The first-order valence-electron chi connectivity index (χ1n) is 2.52. The van der Waals surface area contributed by atoms with Crippen molar-refractivity contribution in [2.45, 2.75) is 6.04 Å². The summed E-state index contributed by atoms with van der Waals surface area (Å²) in [5.41, 5.74) is 0. The molecular weight excluding hydrogens is 126 g/mol. The predicted molar refractivity (Wildman–Crippen MR) is 31.5 cm³/mol. The van der Waals surface area contributed by atoms with Gasteiger partial charge in [-0.3, -0.25) is 0 Å². The largest absolute Gasteiger partial charge is 0.315 e. The standard InChI is InChI=1S/C4H9NO2S/c1-5-4-2-8(6,7)3-4/h4-5H,2-3H2,1H3. The van der Waals surface area contributed by atoms with E-state index < -0.39 is 9.84 Å². The van der Waals surface area contributed by atoms with Crippen LogP contribution in [-0.2, 0) is 9.84 Å². The van der Waals surface area contributed by atoms with Gasteiger partial charge in [0.15, 0.2) is 9.84 Å². The summed E-state index contributed by atoms with van der Waals surface area (Å²) in [5.74, 6) is 0.646. The van der Waals surface area contributed by atoms with Crippen molar-refractivity contribution in [1.29, 1.82) is 0 Å². The van der Waals surface area contributed by atoms with E-state index in [1.54, 1.807) is 7.05 Å². The molecule has 4 heteroatoms. The summed E-state index contributed by atoms with van der Waals surface area (Å²) in [4.78, 5) is 0. The van der Waals surface area contributed by atoms with Crippen molar-refractivity contribution in [3.63, 3.8) is 0 Å². The van der Waals surface area contributed by atoms with Crippen LogP contribution in [0.2, 0.25) is 0 Å². The zero-order chi connectivity index (χ0) is 6.20. The van der Waals surface area contributed by atoms with Crippen molar-refractivity contribution in [2.24, 2.45) is 0 Å². The van der Waals surface area contributed by atoms with E-state index in [-0.39, 0.29) is 6.04 Å². The minimum absolute atomic E-state index is 0.222. The molecule has 8 heavy (non-hydrogen) atoms. The highest BCUT2D eigenvalue weighted by Crippen LogP contribution is 2.08. The van der Waals surface area contributed by atoms with Crippen LogP contribution in [0, 0.1) is 0 Å². The zero-order valence-corrected chi connectivity index (χ0v) is 5.53. The lowest BCUT2D eigenvalue weighted by atomic mass is 10.4. The molecule has 48 valence electrons. The van der Waals surface area contributed by atoms with Crippen molar-refractivity contribution >= 4 is 9.84 Å². The van der Waals surface area contributed by atoms with Crippen LogP contribution in [-0.4, -0.2) is 33.0 Å². The fraction of sp³-hybridized carbons (Fsp3) is 1.00. The Morgan fingerprint density at radius 1 is 1.50 bits per heavy atom. The Balaban J connectivity index is 2.43. The Morgan fingerprint density at radius 3 is 2.12 bits per heavy atom. The average Bonchev–Trinajstić information content (AvgIpc) is 1.60. The summed E-state index contributed by atoms with van der Waals surface area (Å²) < 4.78 is 20.8. The molecule has 1 fully saturated rings. The van der Waals surface area contributed by atoms with Gasteiger partial charge in [-0.25, -0.2) is 8.42 Å². The molecule has 0 unspecified atom stereocenters. The predicted octanol–water partition coefficient (Wildman–Crippen LogP) is -0.997. The van der Waals surface area contributed by atoms with Gasteiger partial charge in [0.05, 0.1) is 11.5 Å². The Kier molecular flexibility index (Phi) is 1.28. The van der Waals surface area contributed by atoms with E-state index in [4.69, 9.17) is 0 Å². The monoisotopic (exact) mass is 135 g/mol. The van der Waals surface area contributed by atoms with E-state index >= 15 is 0 Å². The number of nitrogens with one attached hydrogen (secondary N) is 1. The van der Waals surface area contributed by atoms with Gasteiger partial charge in [-0.05, 0) is 7.05 Å². The highest BCUT2D eigenvalue weighted by molar-refractivity contribution is 7.92. The van der Waals surface area contributed by atoms with Crippen LogP contribution >= 0.6 is 0 Å². The average molecular weight is 135 g/mol. The maximum absolute atomic E-state index is 10.4. The Morgan fingerprint density at radius 2 is 2.00 bits per heavy atom. The van der Waals surface area contributed by atoms with Gasteiger partial charge in [0.2, 0.25) is 0 Å². The SMILES string of the molecule is CNC1CS(=O)(=O)C1. The molecule has 0 aliphatic carbocycles. The molecule has 0 spiro atoms.